The van der Waals surface area contributed by atoms with Gasteiger partial charge in [0.15, 0.2) is 11.5 Å². The number of benzene rings is 2. The van der Waals surface area contributed by atoms with Gasteiger partial charge >= 0.3 is 0 Å². The second kappa shape index (κ2) is 9.68. The molecule has 5 atom stereocenters. The van der Waals surface area contributed by atoms with Crippen LogP contribution < -0.4 is 4.74 Å². The van der Waals surface area contributed by atoms with Crippen LogP contribution in [-0.4, -0.2) is 48.3 Å². The number of phenolic OH excluding ortho intramolecular Hbond substituents is 1. The van der Waals surface area contributed by atoms with Crippen LogP contribution in [0.15, 0.2) is 58.9 Å². The number of rotatable bonds is 7. The summed E-state index contributed by atoms with van der Waals surface area (Å²) in [6, 6.07) is 13.4. The Morgan fingerprint density at radius 3 is 2.68 bits per heavy atom. The Morgan fingerprint density at radius 1 is 1.18 bits per heavy atom. The van der Waals surface area contributed by atoms with Gasteiger partial charge in [0, 0.05) is 32.0 Å². The van der Waals surface area contributed by atoms with Gasteiger partial charge in [0.1, 0.15) is 11.2 Å². The van der Waals surface area contributed by atoms with Crippen LogP contribution in [0.5, 0.6) is 11.5 Å². The van der Waals surface area contributed by atoms with E-state index in [0.717, 1.165) is 42.6 Å². The van der Waals surface area contributed by atoms with Gasteiger partial charge in [-0.25, -0.2) is 0 Å². The van der Waals surface area contributed by atoms with Crippen LogP contribution in [0.2, 0.25) is 0 Å². The van der Waals surface area contributed by atoms with Crippen LogP contribution in [0.3, 0.4) is 0 Å². The molecule has 3 aliphatic rings. The molecule has 1 N–H and O–H groups in total. The fourth-order valence-electron chi connectivity index (χ4n) is 5.83. The number of hydrogen-bond acceptors (Lipinski definition) is 7. The fourth-order valence-corrected chi connectivity index (χ4v) is 5.83. The smallest absolute Gasteiger partial charge is 0.167 e. The van der Waals surface area contributed by atoms with Gasteiger partial charge in [0.2, 0.25) is 0 Å². The maximum Gasteiger partial charge on any atom is 0.167 e. The van der Waals surface area contributed by atoms with E-state index >= 15 is 0 Å². The third-order valence-electron chi connectivity index (χ3n) is 7.58. The SMILES string of the molecule is CC[C@H]1CN2CC[C@H]1C[C@H]2[C@H](OC)c1ccnc2c(N=Nc3ccccc3)cc(OC)c(O)c12. The van der Waals surface area contributed by atoms with E-state index in [9.17, 15) is 5.11 Å². The number of hydrogen-bond donors (Lipinski definition) is 1. The number of piperidine rings is 3. The number of fused-ring (bicyclic) bond motifs is 4. The molecule has 6 rings (SSSR count). The van der Waals surface area contributed by atoms with Gasteiger partial charge in [-0.05, 0) is 55.0 Å². The zero-order valence-electron chi connectivity index (χ0n) is 20.0. The van der Waals surface area contributed by atoms with Crippen LogP contribution in [0.4, 0.5) is 11.4 Å². The Kier molecular flexibility index (Phi) is 6.48. The van der Waals surface area contributed by atoms with Crippen molar-refractivity contribution in [3.63, 3.8) is 0 Å². The molecule has 2 bridgehead atoms. The van der Waals surface area contributed by atoms with Crippen molar-refractivity contribution in [3.05, 3.63) is 54.2 Å². The molecule has 4 heterocycles. The highest BCUT2D eigenvalue weighted by Gasteiger charge is 2.43. The Bertz CT molecular complexity index is 1180. The molecule has 7 heteroatoms. The molecule has 0 amide bonds. The highest BCUT2D eigenvalue weighted by Crippen LogP contribution is 2.47. The van der Waals surface area contributed by atoms with Crippen molar-refractivity contribution in [1.29, 1.82) is 0 Å². The molecular weight excluding hydrogens is 428 g/mol. The van der Waals surface area contributed by atoms with Gasteiger partial charge in [-0.1, -0.05) is 31.5 Å². The van der Waals surface area contributed by atoms with Gasteiger partial charge in [-0.2, -0.15) is 5.11 Å². The maximum atomic E-state index is 11.2. The van der Waals surface area contributed by atoms with Crippen molar-refractivity contribution in [3.8, 4) is 11.5 Å². The first-order valence-corrected chi connectivity index (χ1v) is 12.1. The van der Waals surface area contributed by atoms with E-state index in [1.165, 1.54) is 12.8 Å². The molecule has 3 aromatic rings. The van der Waals surface area contributed by atoms with Gasteiger partial charge < -0.3 is 14.6 Å². The minimum Gasteiger partial charge on any atom is -0.504 e. The van der Waals surface area contributed by atoms with E-state index in [-0.39, 0.29) is 17.9 Å². The number of methoxy groups -OCH3 is 2. The first kappa shape index (κ1) is 22.7. The van der Waals surface area contributed by atoms with Crippen molar-refractivity contribution in [2.45, 2.75) is 38.3 Å². The number of ether oxygens (including phenoxy) is 2. The van der Waals surface area contributed by atoms with Gasteiger partial charge in [-0.3, -0.25) is 9.88 Å². The van der Waals surface area contributed by atoms with Crippen LogP contribution in [0.25, 0.3) is 10.9 Å². The van der Waals surface area contributed by atoms with E-state index in [0.29, 0.717) is 22.3 Å². The van der Waals surface area contributed by atoms with E-state index < -0.39 is 0 Å². The molecule has 3 aliphatic heterocycles. The Balaban J connectivity index is 1.60. The van der Waals surface area contributed by atoms with Crippen LogP contribution in [0.1, 0.15) is 37.9 Å². The number of aromatic hydroxyl groups is 1. The molecule has 0 radical (unpaired) electrons. The number of aromatic nitrogens is 1. The number of pyridine rings is 1. The summed E-state index contributed by atoms with van der Waals surface area (Å²) < 4.78 is 11.6. The summed E-state index contributed by atoms with van der Waals surface area (Å²) in [4.78, 5) is 7.16. The first-order valence-electron chi connectivity index (χ1n) is 12.1. The lowest BCUT2D eigenvalue weighted by Crippen LogP contribution is -2.55. The molecule has 0 saturated carbocycles. The standard InChI is InChI=1S/C27H32N4O3/c1-4-17-16-31-13-11-18(17)14-22(31)27(34-3)20-10-12-28-25-21(15-23(33-2)26(32)24(20)25)30-29-19-8-6-5-7-9-19/h5-10,12,15,17-18,22,27,32H,4,11,13-14,16H2,1-3H3/t17-,18-,22-,27+/m0/s1. The number of phenols is 1. The minimum absolute atomic E-state index is 0.0590. The lowest BCUT2D eigenvalue weighted by molar-refractivity contribution is -0.0699. The molecule has 7 nitrogen and oxygen atoms in total. The molecular formula is C27H32N4O3. The lowest BCUT2D eigenvalue weighted by Gasteiger charge is -2.52. The van der Waals surface area contributed by atoms with Gasteiger partial charge in [-0.15, -0.1) is 5.11 Å². The summed E-state index contributed by atoms with van der Waals surface area (Å²) in [6.45, 7) is 4.50. The predicted molar refractivity (Wildman–Crippen MR) is 132 cm³/mol. The third-order valence-corrected chi connectivity index (χ3v) is 7.58. The summed E-state index contributed by atoms with van der Waals surface area (Å²) in [6.07, 6.45) is 5.15. The highest BCUT2D eigenvalue weighted by molar-refractivity contribution is 5.98. The van der Waals surface area contributed by atoms with Crippen molar-refractivity contribution < 1.29 is 14.6 Å². The number of azo groups is 1. The van der Waals surface area contributed by atoms with Crippen LogP contribution >= 0.6 is 0 Å². The second-order valence-corrected chi connectivity index (χ2v) is 9.28. The van der Waals surface area contributed by atoms with E-state index in [1.54, 1.807) is 26.5 Å². The van der Waals surface area contributed by atoms with Crippen molar-refractivity contribution >= 4 is 22.3 Å². The quantitative estimate of drug-likeness (QED) is 0.426. The maximum absolute atomic E-state index is 11.2. The van der Waals surface area contributed by atoms with Crippen LogP contribution in [-0.2, 0) is 4.74 Å². The topological polar surface area (TPSA) is 79.5 Å². The zero-order valence-corrected chi connectivity index (χ0v) is 20.0. The van der Waals surface area contributed by atoms with Crippen molar-refractivity contribution in [1.82, 2.24) is 9.88 Å². The molecule has 1 unspecified atom stereocenters. The molecule has 3 saturated heterocycles. The summed E-state index contributed by atoms with van der Waals surface area (Å²) in [5.41, 5.74) is 2.78. The first-order chi connectivity index (χ1) is 16.6. The average molecular weight is 461 g/mol. The second-order valence-electron chi connectivity index (χ2n) is 9.28. The molecule has 3 fully saturated rings. The predicted octanol–water partition coefficient (Wildman–Crippen LogP) is 6.17. The van der Waals surface area contributed by atoms with Gasteiger partial charge in [0.25, 0.3) is 0 Å². The van der Waals surface area contributed by atoms with E-state index in [2.05, 4.69) is 27.0 Å². The zero-order chi connectivity index (χ0) is 23.7. The van der Waals surface area contributed by atoms with Crippen molar-refractivity contribution in [2.75, 3.05) is 27.3 Å². The minimum atomic E-state index is -0.192. The summed E-state index contributed by atoms with van der Waals surface area (Å²) >= 11 is 0. The normalized spacial score (nSPS) is 25.1. The number of nitrogens with zero attached hydrogens (tertiary/aromatic N) is 4. The molecule has 2 aromatic carbocycles. The molecule has 34 heavy (non-hydrogen) atoms. The van der Waals surface area contributed by atoms with Crippen LogP contribution in [0, 0.1) is 11.8 Å². The lowest BCUT2D eigenvalue weighted by atomic mass is 9.72. The fraction of sp³-hybridized carbons (Fsp3) is 0.444. The van der Waals surface area contributed by atoms with Crippen molar-refractivity contribution in [2.24, 2.45) is 22.1 Å². The Morgan fingerprint density at radius 2 is 2.00 bits per heavy atom. The van der Waals surface area contributed by atoms with E-state index in [1.807, 2.05) is 36.4 Å². The molecule has 0 spiro atoms. The highest BCUT2D eigenvalue weighted by atomic mass is 16.5. The molecule has 178 valence electrons. The van der Waals surface area contributed by atoms with Gasteiger partial charge in [0.05, 0.1) is 24.3 Å². The monoisotopic (exact) mass is 460 g/mol. The summed E-state index contributed by atoms with van der Waals surface area (Å²) in [5.74, 6) is 1.89. The molecule has 0 aliphatic carbocycles. The molecule has 1 aromatic heterocycles. The summed E-state index contributed by atoms with van der Waals surface area (Å²) in [5, 5.41) is 20.7. The largest absolute Gasteiger partial charge is 0.504 e. The summed E-state index contributed by atoms with van der Waals surface area (Å²) in [7, 11) is 3.30. The third kappa shape index (κ3) is 4.03. The van der Waals surface area contributed by atoms with E-state index in [4.69, 9.17) is 9.47 Å². The Hall–Kier alpha value is -3.03. The average Bonchev–Trinajstić information content (AvgIpc) is 2.89. The Labute approximate surface area is 200 Å².